The van der Waals surface area contributed by atoms with Crippen LogP contribution < -0.4 is 0 Å². The Balaban J connectivity index is 2.49. The molecule has 0 aromatic carbocycles. The van der Waals surface area contributed by atoms with Gasteiger partial charge in [0.1, 0.15) is 0 Å². The Morgan fingerprint density at radius 3 is 1.78 bits per heavy atom. The third-order valence-corrected chi connectivity index (χ3v) is 5.74. The van der Waals surface area contributed by atoms with Gasteiger partial charge in [-0.25, -0.2) is 19.2 Å². The molecule has 204 valence electrons. The van der Waals surface area contributed by atoms with Gasteiger partial charge >= 0.3 is 47.6 Å². The van der Waals surface area contributed by atoms with Crippen LogP contribution in [-0.4, -0.2) is 66.1 Å². The number of esters is 4. The molecule has 0 aliphatic heterocycles. The van der Waals surface area contributed by atoms with Crippen molar-refractivity contribution < 1.29 is 73.2 Å². The van der Waals surface area contributed by atoms with Crippen molar-refractivity contribution in [2.24, 2.45) is 11.8 Å². The molecule has 2 bridgehead atoms. The van der Waals surface area contributed by atoms with E-state index in [9.17, 15) is 54.3 Å². The maximum absolute atomic E-state index is 14.0. The summed E-state index contributed by atoms with van der Waals surface area (Å²) in [7, 11) is 0. The van der Waals surface area contributed by atoms with Crippen molar-refractivity contribution in [1.82, 2.24) is 0 Å². The summed E-state index contributed by atoms with van der Waals surface area (Å²) in [6, 6.07) is 0. The minimum atomic E-state index is -5.60. The van der Waals surface area contributed by atoms with E-state index < -0.39 is 77.9 Å². The van der Waals surface area contributed by atoms with Gasteiger partial charge in [0, 0.05) is 31.8 Å². The molecule has 0 amide bonds. The third kappa shape index (κ3) is 5.26. The van der Waals surface area contributed by atoms with Gasteiger partial charge in [-0.15, -0.1) is 0 Å². The molecule has 0 heterocycles. The maximum Gasteiger partial charge on any atom is 0.404 e. The van der Waals surface area contributed by atoms with Crippen molar-refractivity contribution in [1.29, 1.82) is 0 Å². The van der Waals surface area contributed by atoms with Crippen LogP contribution in [0.1, 0.15) is 33.1 Å². The van der Waals surface area contributed by atoms with E-state index in [1.165, 1.54) is 0 Å². The number of halogens is 8. The fourth-order valence-corrected chi connectivity index (χ4v) is 3.84. The number of carbonyl (C=O) groups is 4. The van der Waals surface area contributed by atoms with E-state index in [4.69, 9.17) is 4.74 Å². The maximum atomic E-state index is 14.0. The zero-order chi connectivity index (χ0) is 27.9. The highest BCUT2D eigenvalue weighted by molar-refractivity contribution is 5.84. The average Bonchev–Trinajstić information content (AvgIpc) is 3.32. The molecule has 16 heteroatoms. The van der Waals surface area contributed by atoms with Crippen LogP contribution >= 0.6 is 0 Å². The lowest BCUT2D eigenvalue weighted by molar-refractivity contribution is -0.312. The van der Waals surface area contributed by atoms with Crippen LogP contribution in [-0.2, 0) is 38.1 Å². The number of hydrogen-bond donors (Lipinski definition) is 0. The van der Waals surface area contributed by atoms with E-state index in [1.807, 2.05) is 0 Å². The fourth-order valence-electron chi connectivity index (χ4n) is 3.84. The van der Waals surface area contributed by atoms with Gasteiger partial charge in [0.25, 0.3) is 5.79 Å². The van der Waals surface area contributed by atoms with Gasteiger partial charge in [0.15, 0.2) is 12.7 Å². The first-order chi connectivity index (χ1) is 16.2. The molecular formula is C20H20F8O8. The molecular weight excluding hydrogens is 520 g/mol. The summed E-state index contributed by atoms with van der Waals surface area (Å²) in [5.41, 5.74) is 0. The number of ether oxygens (including phenoxy) is 4. The molecule has 2 fully saturated rings. The second-order valence-electron chi connectivity index (χ2n) is 8.42. The molecule has 8 nitrogen and oxygen atoms in total. The topological polar surface area (TPSA) is 105 Å². The van der Waals surface area contributed by atoms with Crippen LogP contribution in [0.15, 0.2) is 12.7 Å². The van der Waals surface area contributed by atoms with Crippen LogP contribution in [0, 0.1) is 11.8 Å². The summed E-state index contributed by atoms with van der Waals surface area (Å²) in [6.45, 7) is 1.14. The third-order valence-electron chi connectivity index (χ3n) is 5.74. The Bertz CT molecular complexity index is 884. The van der Waals surface area contributed by atoms with E-state index in [1.54, 1.807) is 0 Å². The molecule has 36 heavy (non-hydrogen) atoms. The first-order valence-corrected chi connectivity index (χ1v) is 10.2. The Labute approximate surface area is 197 Å². The van der Waals surface area contributed by atoms with Crippen LogP contribution in [0.25, 0.3) is 0 Å². The molecule has 0 radical (unpaired) electrons. The average molecular weight is 540 g/mol. The number of alkyl halides is 8. The van der Waals surface area contributed by atoms with Crippen molar-refractivity contribution in [3.05, 3.63) is 12.7 Å². The summed E-state index contributed by atoms with van der Waals surface area (Å²) in [5, 5.41) is 0. The Kier molecular flexibility index (Phi) is 7.73. The monoisotopic (exact) mass is 540 g/mol. The van der Waals surface area contributed by atoms with E-state index in [0.717, 1.165) is 0 Å². The number of rotatable bonds is 10. The molecule has 0 saturated heterocycles. The second kappa shape index (κ2) is 9.50. The quantitative estimate of drug-likeness (QED) is 0.137. The minimum absolute atomic E-state index is 0.0621. The van der Waals surface area contributed by atoms with Crippen LogP contribution in [0.2, 0.25) is 0 Å². The molecule has 2 saturated carbocycles. The van der Waals surface area contributed by atoms with E-state index in [-0.39, 0.29) is 33.1 Å². The predicted octanol–water partition coefficient (Wildman–Crippen LogP) is 3.42. The molecule has 0 N–H and O–H groups in total. The molecule has 2 rings (SSSR count). The smallest absolute Gasteiger partial charge is 0.404 e. The van der Waals surface area contributed by atoms with Crippen LogP contribution in [0.4, 0.5) is 35.1 Å². The summed E-state index contributed by atoms with van der Waals surface area (Å²) in [6.07, 6.45) is -1.95. The van der Waals surface area contributed by atoms with E-state index in [2.05, 4.69) is 20.8 Å². The summed E-state index contributed by atoms with van der Waals surface area (Å²) >= 11 is 0. The molecule has 0 aromatic heterocycles. The molecule has 0 aromatic rings. The van der Waals surface area contributed by atoms with E-state index in [0.29, 0.717) is 6.08 Å². The number of carbonyl (C=O) groups excluding carboxylic acids is 4. The molecule has 2 aliphatic carbocycles. The van der Waals surface area contributed by atoms with Gasteiger partial charge in [-0.1, -0.05) is 6.58 Å². The lowest BCUT2D eigenvalue weighted by atomic mass is 9.90. The highest BCUT2D eigenvalue weighted by atomic mass is 19.3. The largest absolute Gasteiger partial charge is 0.451 e. The fraction of sp³-hybridized carbons (Fsp3) is 0.700. The number of fused-ring (bicyclic) bond motifs is 2. The number of hydrogen-bond acceptors (Lipinski definition) is 8. The van der Waals surface area contributed by atoms with Crippen molar-refractivity contribution >= 4 is 23.9 Å². The first kappa shape index (κ1) is 29.3. The lowest BCUT2D eigenvalue weighted by Gasteiger charge is -2.42. The van der Waals surface area contributed by atoms with Gasteiger partial charge in [0.2, 0.25) is 0 Å². The summed E-state index contributed by atoms with van der Waals surface area (Å²) in [4.78, 5) is 47.4. The predicted molar refractivity (Wildman–Crippen MR) is 97.9 cm³/mol. The standard InChI is InChI=1S/C20H20F8O8/c1-4-11(29)33-8-12(30)34-13-9-5-6-10(7-9)18(13,35-14(31)19(25,26)16(2,21)22)36-15(32)20(27,28)17(3,23)24/h4,9-10,13H,1,5-8H2,2-3H3. The van der Waals surface area contributed by atoms with E-state index >= 15 is 0 Å². The van der Waals surface area contributed by atoms with Gasteiger partial charge < -0.3 is 18.9 Å². The van der Waals surface area contributed by atoms with Gasteiger partial charge in [-0.3, -0.25) is 0 Å². The minimum Gasteiger partial charge on any atom is -0.451 e. The van der Waals surface area contributed by atoms with Crippen molar-refractivity contribution in [3.8, 4) is 0 Å². The lowest BCUT2D eigenvalue weighted by Crippen LogP contribution is -2.61. The summed E-state index contributed by atoms with van der Waals surface area (Å²) in [5.74, 6) is -35.9. The van der Waals surface area contributed by atoms with Gasteiger partial charge in [0.05, 0.1) is 0 Å². The van der Waals surface area contributed by atoms with Crippen LogP contribution in [0.5, 0.6) is 0 Å². The highest BCUT2D eigenvalue weighted by Crippen LogP contribution is 2.56. The SMILES string of the molecule is C=CC(=O)OCC(=O)OC1C2CCC(C2)C1(OC(=O)C(F)(F)C(C)(F)F)OC(=O)C(F)(F)C(C)(F)F. The van der Waals surface area contributed by atoms with Gasteiger partial charge in [-0.05, 0) is 19.3 Å². The molecule has 3 unspecified atom stereocenters. The first-order valence-electron chi connectivity index (χ1n) is 10.2. The second-order valence-corrected chi connectivity index (χ2v) is 8.42. The van der Waals surface area contributed by atoms with Gasteiger partial charge in [-0.2, -0.15) is 35.1 Å². The zero-order valence-corrected chi connectivity index (χ0v) is 18.6. The highest BCUT2D eigenvalue weighted by Gasteiger charge is 2.72. The zero-order valence-electron chi connectivity index (χ0n) is 18.6. The van der Waals surface area contributed by atoms with Crippen molar-refractivity contribution in [2.75, 3.05) is 6.61 Å². The summed E-state index contributed by atoms with van der Waals surface area (Å²) < 4.78 is 127. The molecule has 3 atom stereocenters. The Hall–Kier alpha value is -2.94. The Morgan fingerprint density at radius 2 is 1.36 bits per heavy atom. The molecule has 2 aliphatic rings. The van der Waals surface area contributed by atoms with Crippen LogP contribution in [0.3, 0.4) is 0 Å². The Morgan fingerprint density at radius 1 is 0.889 bits per heavy atom. The normalized spacial score (nSPS) is 23.6. The van der Waals surface area contributed by atoms with Crippen molar-refractivity contribution in [3.63, 3.8) is 0 Å². The molecule has 0 spiro atoms. The van der Waals surface area contributed by atoms with Crippen molar-refractivity contribution in [2.45, 2.75) is 68.7 Å².